The monoisotopic (exact) mass is 322 g/mol. The third-order valence-corrected chi connectivity index (χ3v) is 4.75. The Morgan fingerprint density at radius 1 is 0.917 bits per heavy atom. The van der Waals surface area contributed by atoms with Crippen molar-refractivity contribution in [3.8, 4) is 0 Å². The largest absolute Gasteiger partial charge is 0.328 e. The van der Waals surface area contributed by atoms with Gasteiger partial charge in [-0.25, -0.2) is 0 Å². The van der Waals surface area contributed by atoms with Crippen molar-refractivity contribution in [1.82, 2.24) is 4.90 Å². The van der Waals surface area contributed by atoms with Crippen LogP contribution >= 0.6 is 0 Å². The zero-order valence-electron chi connectivity index (χ0n) is 14.4. The van der Waals surface area contributed by atoms with Crippen molar-refractivity contribution in [3.05, 3.63) is 64.7 Å². The van der Waals surface area contributed by atoms with E-state index < -0.39 is 0 Å². The highest BCUT2D eigenvalue weighted by Crippen LogP contribution is 2.23. The number of nitrogens with zero attached hydrogens (tertiary/aromatic N) is 2. The van der Waals surface area contributed by atoms with Gasteiger partial charge in [-0.2, -0.15) is 0 Å². The predicted octanol–water partition coefficient (Wildman–Crippen LogP) is 3.10. The Bertz CT molecular complexity index is 798. The highest BCUT2D eigenvalue weighted by Gasteiger charge is 2.29. The normalized spacial score (nSPS) is 14.9. The van der Waals surface area contributed by atoms with Crippen LogP contribution in [0.4, 0.5) is 5.69 Å². The molecule has 0 saturated carbocycles. The molecule has 1 saturated heterocycles. The molecule has 0 N–H and O–H groups in total. The number of amides is 2. The summed E-state index contributed by atoms with van der Waals surface area (Å²) in [5.41, 5.74) is 4.76. The van der Waals surface area contributed by atoms with Crippen LogP contribution in [0.3, 0.4) is 0 Å². The first-order valence-electron chi connectivity index (χ1n) is 8.20. The van der Waals surface area contributed by atoms with E-state index >= 15 is 0 Å². The topological polar surface area (TPSA) is 40.6 Å². The van der Waals surface area contributed by atoms with Crippen molar-refractivity contribution in [2.75, 3.05) is 24.5 Å². The van der Waals surface area contributed by atoms with E-state index in [2.05, 4.69) is 0 Å². The number of para-hydroxylation sites is 1. The number of carbonyl (C=O) groups excluding carboxylic acids is 2. The van der Waals surface area contributed by atoms with Crippen LogP contribution in [-0.4, -0.2) is 36.3 Å². The van der Waals surface area contributed by atoms with Gasteiger partial charge >= 0.3 is 0 Å². The molecule has 3 rings (SSSR count). The summed E-state index contributed by atoms with van der Waals surface area (Å²) in [5, 5.41) is 0. The Balaban J connectivity index is 1.78. The molecule has 24 heavy (non-hydrogen) atoms. The maximum absolute atomic E-state index is 12.8. The molecule has 4 heteroatoms. The van der Waals surface area contributed by atoms with Gasteiger partial charge in [-0.1, -0.05) is 30.3 Å². The van der Waals surface area contributed by atoms with Gasteiger partial charge in [-0.05, 0) is 49.6 Å². The van der Waals surface area contributed by atoms with Crippen molar-refractivity contribution >= 4 is 17.5 Å². The summed E-state index contributed by atoms with van der Waals surface area (Å²) >= 11 is 0. The van der Waals surface area contributed by atoms with Gasteiger partial charge in [0.05, 0.1) is 0 Å². The molecular weight excluding hydrogens is 300 g/mol. The van der Waals surface area contributed by atoms with Crippen molar-refractivity contribution in [1.29, 1.82) is 0 Å². The molecule has 0 aromatic heterocycles. The highest BCUT2D eigenvalue weighted by molar-refractivity contribution is 6.02. The Labute approximate surface area is 142 Å². The molecule has 0 radical (unpaired) electrons. The Morgan fingerprint density at radius 3 is 2.33 bits per heavy atom. The van der Waals surface area contributed by atoms with Gasteiger partial charge in [-0.15, -0.1) is 0 Å². The van der Waals surface area contributed by atoms with Crippen molar-refractivity contribution in [3.63, 3.8) is 0 Å². The zero-order chi connectivity index (χ0) is 17.3. The lowest BCUT2D eigenvalue weighted by Gasteiger charge is -2.35. The molecular formula is C20H22N2O2. The van der Waals surface area contributed by atoms with Gasteiger partial charge in [0, 0.05) is 24.3 Å². The standard InChI is InChI=1S/C20H22N2O2/c1-14-8-6-9-17(16(14)3)20(24)21-11-12-22(19(23)13-21)18-10-5-4-7-15(18)2/h4-10H,11-13H2,1-3H3. The molecule has 124 valence electrons. The number of benzene rings is 2. The van der Waals surface area contributed by atoms with E-state index in [0.717, 1.165) is 22.4 Å². The Kier molecular flexibility index (Phi) is 4.38. The van der Waals surface area contributed by atoms with E-state index in [4.69, 9.17) is 0 Å². The van der Waals surface area contributed by atoms with E-state index in [9.17, 15) is 9.59 Å². The summed E-state index contributed by atoms with van der Waals surface area (Å²) in [5.74, 6) is -0.0943. The van der Waals surface area contributed by atoms with Gasteiger partial charge in [0.15, 0.2) is 0 Å². The average Bonchev–Trinajstić information content (AvgIpc) is 2.57. The third-order valence-electron chi connectivity index (χ3n) is 4.75. The summed E-state index contributed by atoms with van der Waals surface area (Å²) in [7, 11) is 0. The molecule has 2 amide bonds. The fraction of sp³-hybridized carbons (Fsp3) is 0.300. The van der Waals surface area contributed by atoms with Gasteiger partial charge in [0.2, 0.25) is 5.91 Å². The molecule has 0 unspecified atom stereocenters. The van der Waals surface area contributed by atoms with Crippen LogP contribution in [-0.2, 0) is 4.79 Å². The highest BCUT2D eigenvalue weighted by atomic mass is 16.2. The second kappa shape index (κ2) is 6.48. The molecule has 0 aliphatic carbocycles. The summed E-state index contributed by atoms with van der Waals surface area (Å²) in [6.07, 6.45) is 0. The van der Waals surface area contributed by atoms with E-state index in [-0.39, 0.29) is 18.4 Å². The molecule has 1 aliphatic heterocycles. The first kappa shape index (κ1) is 16.2. The van der Waals surface area contributed by atoms with Crippen molar-refractivity contribution in [2.24, 2.45) is 0 Å². The van der Waals surface area contributed by atoms with Crippen LogP contribution in [0, 0.1) is 20.8 Å². The molecule has 2 aromatic carbocycles. The molecule has 4 nitrogen and oxygen atoms in total. The molecule has 1 aliphatic rings. The lowest BCUT2D eigenvalue weighted by Crippen LogP contribution is -2.52. The van der Waals surface area contributed by atoms with Crippen LogP contribution in [0.15, 0.2) is 42.5 Å². The second-order valence-corrected chi connectivity index (χ2v) is 6.31. The van der Waals surface area contributed by atoms with E-state index in [1.54, 1.807) is 9.80 Å². The van der Waals surface area contributed by atoms with E-state index in [1.807, 2.05) is 63.2 Å². The number of piperazine rings is 1. The zero-order valence-corrected chi connectivity index (χ0v) is 14.4. The molecule has 1 heterocycles. The minimum absolute atomic E-state index is 0.0331. The van der Waals surface area contributed by atoms with Gasteiger partial charge in [0.1, 0.15) is 6.54 Å². The third kappa shape index (κ3) is 2.92. The molecule has 0 spiro atoms. The minimum atomic E-state index is -0.0611. The average molecular weight is 322 g/mol. The Morgan fingerprint density at radius 2 is 1.62 bits per heavy atom. The smallest absolute Gasteiger partial charge is 0.254 e. The summed E-state index contributed by atoms with van der Waals surface area (Å²) < 4.78 is 0. The molecule has 0 bridgehead atoms. The summed E-state index contributed by atoms with van der Waals surface area (Å²) in [6, 6.07) is 13.6. The lowest BCUT2D eigenvalue weighted by atomic mass is 10.0. The quantitative estimate of drug-likeness (QED) is 0.852. The van der Waals surface area contributed by atoms with Crippen LogP contribution < -0.4 is 4.90 Å². The summed E-state index contributed by atoms with van der Waals surface area (Å²) in [6.45, 7) is 7.14. The van der Waals surface area contributed by atoms with Crippen LogP contribution in [0.1, 0.15) is 27.0 Å². The van der Waals surface area contributed by atoms with Gasteiger partial charge in [0.25, 0.3) is 5.91 Å². The number of rotatable bonds is 2. The van der Waals surface area contributed by atoms with Crippen LogP contribution in [0.25, 0.3) is 0 Å². The van der Waals surface area contributed by atoms with Gasteiger partial charge in [-0.3, -0.25) is 9.59 Å². The van der Waals surface area contributed by atoms with Crippen molar-refractivity contribution in [2.45, 2.75) is 20.8 Å². The number of anilines is 1. The number of hydrogen-bond donors (Lipinski definition) is 0. The fourth-order valence-corrected chi connectivity index (χ4v) is 3.12. The lowest BCUT2D eigenvalue weighted by molar-refractivity contribution is -0.120. The number of hydrogen-bond acceptors (Lipinski definition) is 2. The SMILES string of the molecule is Cc1ccccc1N1CCN(C(=O)c2cccc(C)c2C)CC1=O. The predicted molar refractivity (Wildman–Crippen MR) is 95.4 cm³/mol. The maximum Gasteiger partial charge on any atom is 0.254 e. The first-order chi connectivity index (χ1) is 11.5. The van der Waals surface area contributed by atoms with Crippen LogP contribution in [0.2, 0.25) is 0 Å². The van der Waals surface area contributed by atoms with Crippen molar-refractivity contribution < 1.29 is 9.59 Å². The number of aryl methyl sites for hydroxylation is 2. The number of carbonyl (C=O) groups is 2. The second-order valence-electron chi connectivity index (χ2n) is 6.31. The Hall–Kier alpha value is -2.62. The summed E-state index contributed by atoms with van der Waals surface area (Å²) in [4.78, 5) is 28.8. The minimum Gasteiger partial charge on any atom is -0.328 e. The molecule has 1 fully saturated rings. The van der Waals surface area contributed by atoms with E-state index in [0.29, 0.717) is 18.7 Å². The van der Waals surface area contributed by atoms with Gasteiger partial charge < -0.3 is 9.80 Å². The maximum atomic E-state index is 12.8. The molecule has 2 aromatic rings. The molecule has 0 atom stereocenters. The van der Waals surface area contributed by atoms with Crippen LogP contribution in [0.5, 0.6) is 0 Å². The van der Waals surface area contributed by atoms with E-state index in [1.165, 1.54) is 0 Å². The first-order valence-corrected chi connectivity index (χ1v) is 8.20. The fourth-order valence-electron chi connectivity index (χ4n) is 3.12.